The summed E-state index contributed by atoms with van der Waals surface area (Å²) < 4.78 is 29.2. The van der Waals surface area contributed by atoms with Gasteiger partial charge in [-0.05, 0) is 30.5 Å². The normalized spacial score (nSPS) is 16.8. The van der Waals surface area contributed by atoms with Gasteiger partial charge in [0.1, 0.15) is 12.4 Å². The number of ether oxygens (including phenoxy) is 1. The minimum absolute atomic E-state index is 0.400. The van der Waals surface area contributed by atoms with Crippen LogP contribution in [0.2, 0.25) is 0 Å². The van der Waals surface area contributed by atoms with Crippen LogP contribution >= 0.6 is 0 Å². The lowest BCUT2D eigenvalue weighted by atomic mass is 9.96. The Morgan fingerprint density at radius 2 is 2.09 bits per heavy atom. The molecular weight excluding hydrogens is 288 g/mol. The third kappa shape index (κ3) is 5.87. The van der Waals surface area contributed by atoms with Crippen LogP contribution in [0.5, 0.6) is 5.75 Å². The third-order valence-electron chi connectivity index (χ3n) is 3.66. The summed E-state index contributed by atoms with van der Waals surface area (Å²) >= 11 is 0. The molecule has 22 heavy (non-hydrogen) atoms. The first-order valence-electron chi connectivity index (χ1n) is 7.70. The molecule has 0 aromatic heterocycles. The van der Waals surface area contributed by atoms with Crippen LogP contribution in [0.1, 0.15) is 37.7 Å². The summed E-state index contributed by atoms with van der Waals surface area (Å²) in [7, 11) is 0. The van der Waals surface area contributed by atoms with Gasteiger partial charge in [-0.25, -0.2) is 13.8 Å². The minimum Gasteiger partial charge on any atom is -0.488 e. The maximum atomic E-state index is 12.1. The predicted octanol–water partition coefficient (Wildman–Crippen LogP) is 3.07. The molecule has 1 aromatic carbocycles. The number of aliphatic imine (C=N–C) groups is 1. The number of nitrogens with one attached hydrogen (secondary N) is 1. The van der Waals surface area contributed by atoms with E-state index in [4.69, 9.17) is 10.5 Å². The van der Waals surface area contributed by atoms with E-state index in [0.717, 1.165) is 18.4 Å². The molecule has 0 spiro atoms. The molecule has 1 saturated carbocycles. The number of halogens is 2. The number of guanidine groups is 1. The van der Waals surface area contributed by atoms with Crippen molar-refractivity contribution in [2.24, 2.45) is 10.7 Å². The molecule has 1 aromatic rings. The van der Waals surface area contributed by atoms with Gasteiger partial charge in [-0.15, -0.1) is 0 Å². The quantitative estimate of drug-likeness (QED) is 0.627. The fourth-order valence-electron chi connectivity index (χ4n) is 2.57. The number of rotatable bonds is 6. The monoisotopic (exact) mass is 311 g/mol. The molecule has 1 fully saturated rings. The van der Waals surface area contributed by atoms with Crippen molar-refractivity contribution in [1.82, 2.24) is 5.32 Å². The highest BCUT2D eigenvalue weighted by Gasteiger charge is 2.13. The highest BCUT2D eigenvalue weighted by Crippen LogP contribution is 2.17. The van der Waals surface area contributed by atoms with Gasteiger partial charge in [0, 0.05) is 6.04 Å². The van der Waals surface area contributed by atoms with Gasteiger partial charge < -0.3 is 15.8 Å². The zero-order valence-corrected chi connectivity index (χ0v) is 12.6. The van der Waals surface area contributed by atoms with Crippen LogP contribution in [-0.2, 0) is 6.54 Å². The maximum absolute atomic E-state index is 12.1. The Labute approximate surface area is 129 Å². The molecule has 0 amide bonds. The van der Waals surface area contributed by atoms with Gasteiger partial charge in [-0.3, -0.25) is 0 Å². The molecular formula is C16H23F2N3O. The summed E-state index contributed by atoms with van der Waals surface area (Å²) in [6, 6.07) is 7.40. The van der Waals surface area contributed by atoms with Gasteiger partial charge in [0.15, 0.2) is 5.96 Å². The Bertz CT molecular complexity index is 488. The van der Waals surface area contributed by atoms with Crippen LogP contribution in [0.25, 0.3) is 0 Å². The highest BCUT2D eigenvalue weighted by atomic mass is 19.3. The third-order valence-corrected chi connectivity index (χ3v) is 3.66. The summed E-state index contributed by atoms with van der Waals surface area (Å²) in [4.78, 5) is 4.30. The van der Waals surface area contributed by atoms with Gasteiger partial charge >= 0.3 is 0 Å². The lowest BCUT2D eigenvalue weighted by Gasteiger charge is -2.23. The van der Waals surface area contributed by atoms with Crippen molar-refractivity contribution in [3.63, 3.8) is 0 Å². The Kier molecular flexibility index (Phi) is 6.43. The van der Waals surface area contributed by atoms with E-state index >= 15 is 0 Å². The molecule has 122 valence electrons. The minimum atomic E-state index is -2.47. The van der Waals surface area contributed by atoms with Gasteiger partial charge in [0.05, 0.1) is 6.54 Å². The van der Waals surface area contributed by atoms with Crippen LogP contribution < -0.4 is 15.8 Å². The average Bonchev–Trinajstić information content (AvgIpc) is 2.52. The number of nitrogens with zero attached hydrogens (tertiary/aromatic N) is 1. The first kappa shape index (κ1) is 16.5. The highest BCUT2D eigenvalue weighted by molar-refractivity contribution is 5.78. The van der Waals surface area contributed by atoms with Crippen LogP contribution in [-0.4, -0.2) is 25.0 Å². The molecule has 0 aliphatic heterocycles. The Hall–Kier alpha value is -1.85. The van der Waals surface area contributed by atoms with Crippen molar-refractivity contribution in [3.05, 3.63) is 29.8 Å². The van der Waals surface area contributed by atoms with Crippen molar-refractivity contribution in [1.29, 1.82) is 0 Å². The molecule has 0 heterocycles. The van der Waals surface area contributed by atoms with Crippen molar-refractivity contribution >= 4 is 5.96 Å². The molecule has 2 rings (SSSR count). The molecule has 0 atom stereocenters. The first-order valence-corrected chi connectivity index (χ1v) is 7.70. The van der Waals surface area contributed by atoms with Crippen LogP contribution in [0.4, 0.5) is 8.78 Å². The van der Waals surface area contributed by atoms with Crippen LogP contribution in [0, 0.1) is 0 Å². The van der Waals surface area contributed by atoms with Crippen molar-refractivity contribution in [2.45, 2.75) is 51.1 Å². The Balaban J connectivity index is 1.84. The fourth-order valence-corrected chi connectivity index (χ4v) is 2.57. The number of alkyl halides is 2. The molecule has 4 nitrogen and oxygen atoms in total. The Morgan fingerprint density at radius 3 is 2.82 bits per heavy atom. The summed E-state index contributed by atoms with van der Waals surface area (Å²) in [5.41, 5.74) is 6.77. The average molecular weight is 311 g/mol. The van der Waals surface area contributed by atoms with E-state index in [1.54, 1.807) is 18.2 Å². The lowest BCUT2D eigenvalue weighted by molar-refractivity contribution is 0.0818. The molecule has 1 aliphatic carbocycles. The van der Waals surface area contributed by atoms with Crippen molar-refractivity contribution in [3.8, 4) is 5.75 Å². The van der Waals surface area contributed by atoms with Crippen molar-refractivity contribution in [2.75, 3.05) is 6.61 Å². The molecule has 0 bridgehead atoms. The molecule has 0 saturated heterocycles. The topological polar surface area (TPSA) is 59.6 Å². The van der Waals surface area contributed by atoms with Gasteiger partial charge in [0.2, 0.25) is 0 Å². The SMILES string of the molecule is NC(=NCc1cccc(OCC(F)F)c1)NC1CCCCC1. The summed E-state index contributed by atoms with van der Waals surface area (Å²) in [5, 5.41) is 3.24. The van der Waals surface area contributed by atoms with E-state index in [0.29, 0.717) is 24.3 Å². The first-order chi connectivity index (χ1) is 10.6. The number of benzene rings is 1. The lowest BCUT2D eigenvalue weighted by Crippen LogP contribution is -2.41. The molecule has 0 unspecified atom stereocenters. The van der Waals surface area contributed by atoms with Gasteiger partial charge in [0.25, 0.3) is 6.43 Å². The van der Waals surface area contributed by atoms with E-state index in [1.807, 2.05) is 6.07 Å². The molecule has 6 heteroatoms. The summed E-state index contributed by atoms with van der Waals surface area (Å²) in [6.07, 6.45) is 3.54. The summed E-state index contributed by atoms with van der Waals surface area (Å²) in [6.45, 7) is -0.199. The predicted molar refractivity (Wildman–Crippen MR) is 83.3 cm³/mol. The summed E-state index contributed by atoms with van der Waals surface area (Å²) in [5.74, 6) is 0.859. The van der Waals surface area contributed by atoms with E-state index in [-0.39, 0.29) is 0 Å². The second-order valence-electron chi connectivity index (χ2n) is 5.53. The largest absolute Gasteiger partial charge is 0.488 e. The number of hydrogen-bond donors (Lipinski definition) is 2. The number of nitrogens with two attached hydrogens (primary N) is 1. The van der Waals surface area contributed by atoms with E-state index in [9.17, 15) is 8.78 Å². The smallest absolute Gasteiger partial charge is 0.272 e. The fraction of sp³-hybridized carbons (Fsp3) is 0.562. The second kappa shape index (κ2) is 8.56. The molecule has 3 N–H and O–H groups in total. The standard InChI is InChI=1S/C16H23F2N3O/c17-15(18)11-22-14-8-4-5-12(9-14)10-20-16(19)21-13-6-2-1-3-7-13/h4-5,8-9,13,15H,1-3,6-7,10-11H2,(H3,19,20,21). The molecule has 0 radical (unpaired) electrons. The maximum Gasteiger partial charge on any atom is 0.272 e. The van der Waals surface area contributed by atoms with Crippen LogP contribution in [0.15, 0.2) is 29.3 Å². The van der Waals surface area contributed by atoms with Crippen molar-refractivity contribution < 1.29 is 13.5 Å². The van der Waals surface area contributed by atoms with Crippen LogP contribution in [0.3, 0.4) is 0 Å². The zero-order valence-electron chi connectivity index (χ0n) is 12.6. The van der Waals surface area contributed by atoms with E-state index in [1.165, 1.54) is 19.3 Å². The second-order valence-corrected chi connectivity index (χ2v) is 5.53. The van der Waals surface area contributed by atoms with Gasteiger partial charge in [-0.2, -0.15) is 0 Å². The zero-order chi connectivity index (χ0) is 15.8. The van der Waals surface area contributed by atoms with Gasteiger partial charge in [-0.1, -0.05) is 31.4 Å². The number of hydrogen-bond acceptors (Lipinski definition) is 2. The van der Waals surface area contributed by atoms with E-state index < -0.39 is 13.0 Å². The molecule has 1 aliphatic rings. The van der Waals surface area contributed by atoms with E-state index in [2.05, 4.69) is 10.3 Å². The Morgan fingerprint density at radius 1 is 1.32 bits per heavy atom.